The summed E-state index contributed by atoms with van der Waals surface area (Å²) in [6, 6.07) is -0.685. The van der Waals surface area contributed by atoms with Crippen molar-refractivity contribution in [1.29, 1.82) is 0 Å². The molecule has 0 aromatic carbocycles. The van der Waals surface area contributed by atoms with E-state index in [0.29, 0.717) is 12.8 Å². The number of nitrogens with two attached hydrogens (primary N) is 1. The molecule has 0 unspecified atom stereocenters. The summed E-state index contributed by atoms with van der Waals surface area (Å²) in [6.45, 7) is 0. The molecule has 1 aliphatic heterocycles. The first-order valence-electron chi connectivity index (χ1n) is 4.50. The van der Waals surface area contributed by atoms with Gasteiger partial charge in [-0.15, -0.1) is 0 Å². The first-order chi connectivity index (χ1) is 6.46. The number of hydrogen-bond acceptors (Lipinski definition) is 5. The Hall–Kier alpha value is -0.620. The predicted octanol–water partition coefficient (Wildman–Crippen LogP) is -0.688. The predicted molar refractivity (Wildman–Crippen MR) is 51.4 cm³/mol. The molecule has 14 heavy (non-hydrogen) atoms. The van der Waals surface area contributed by atoms with E-state index in [1.165, 1.54) is 7.11 Å². The molecule has 0 aromatic heterocycles. The Labute approximate surface area is 83.5 Å². The fourth-order valence-electron chi connectivity index (χ4n) is 1.60. The lowest BCUT2D eigenvalue weighted by Gasteiger charge is -2.25. The van der Waals surface area contributed by atoms with E-state index >= 15 is 0 Å². The second-order valence-electron chi connectivity index (χ2n) is 3.54. The highest BCUT2D eigenvalue weighted by molar-refractivity contribution is 7.91. The summed E-state index contributed by atoms with van der Waals surface area (Å²) < 4.78 is 26.7. The molecule has 1 rings (SSSR count). The zero-order chi connectivity index (χ0) is 10.8. The number of carbonyl (C=O) groups is 1. The summed E-state index contributed by atoms with van der Waals surface area (Å²) in [4.78, 5) is 11.1. The number of rotatable bonds is 2. The molecule has 0 aliphatic carbocycles. The Morgan fingerprint density at radius 3 is 2.36 bits per heavy atom. The average Bonchev–Trinajstić information content (AvgIpc) is 2.15. The Kier molecular flexibility index (Phi) is 3.49. The topological polar surface area (TPSA) is 86.5 Å². The van der Waals surface area contributed by atoms with Crippen molar-refractivity contribution in [3.05, 3.63) is 0 Å². The van der Waals surface area contributed by atoms with Crippen LogP contribution in [0.4, 0.5) is 0 Å². The van der Waals surface area contributed by atoms with E-state index in [-0.39, 0.29) is 17.4 Å². The van der Waals surface area contributed by atoms with Crippen LogP contribution in [0.1, 0.15) is 12.8 Å². The van der Waals surface area contributed by atoms with Gasteiger partial charge in [0.15, 0.2) is 0 Å². The largest absolute Gasteiger partial charge is 0.468 e. The van der Waals surface area contributed by atoms with Gasteiger partial charge in [0.1, 0.15) is 15.9 Å². The maximum Gasteiger partial charge on any atom is 0.322 e. The van der Waals surface area contributed by atoms with E-state index in [2.05, 4.69) is 4.74 Å². The van der Waals surface area contributed by atoms with E-state index in [1.807, 2.05) is 0 Å². The summed E-state index contributed by atoms with van der Waals surface area (Å²) in [5.74, 6) is -0.273. The zero-order valence-electron chi connectivity index (χ0n) is 8.10. The molecule has 1 saturated heterocycles. The zero-order valence-corrected chi connectivity index (χ0v) is 8.92. The Balaban J connectivity index is 2.53. The van der Waals surface area contributed by atoms with Crippen LogP contribution >= 0.6 is 0 Å². The normalized spacial score (nSPS) is 24.1. The van der Waals surface area contributed by atoms with Crippen molar-refractivity contribution in [3.8, 4) is 0 Å². The van der Waals surface area contributed by atoms with Crippen molar-refractivity contribution in [2.24, 2.45) is 11.7 Å². The van der Waals surface area contributed by atoms with Crippen LogP contribution in [0.5, 0.6) is 0 Å². The first kappa shape index (κ1) is 11.5. The molecule has 6 heteroatoms. The van der Waals surface area contributed by atoms with Gasteiger partial charge in [0.2, 0.25) is 0 Å². The van der Waals surface area contributed by atoms with Crippen LogP contribution in [0.25, 0.3) is 0 Å². The second-order valence-corrected chi connectivity index (χ2v) is 5.84. The third-order valence-electron chi connectivity index (χ3n) is 2.58. The van der Waals surface area contributed by atoms with Crippen LogP contribution in [-0.2, 0) is 19.4 Å². The standard InChI is InChI=1S/C8H15NO4S/c1-13-8(10)7(9)6-2-4-14(11,12)5-3-6/h6-7H,2-5,9H2,1H3/t7-/m0/s1. The van der Waals surface area contributed by atoms with Gasteiger partial charge in [0, 0.05) is 0 Å². The highest BCUT2D eigenvalue weighted by Gasteiger charge is 2.31. The Morgan fingerprint density at radius 2 is 1.93 bits per heavy atom. The van der Waals surface area contributed by atoms with Crippen LogP contribution in [-0.4, -0.2) is 39.0 Å². The van der Waals surface area contributed by atoms with Crippen molar-refractivity contribution in [2.75, 3.05) is 18.6 Å². The van der Waals surface area contributed by atoms with Crippen LogP contribution in [0.15, 0.2) is 0 Å². The molecule has 5 nitrogen and oxygen atoms in total. The van der Waals surface area contributed by atoms with Gasteiger partial charge < -0.3 is 10.5 Å². The van der Waals surface area contributed by atoms with Crippen molar-refractivity contribution in [1.82, 2.24) is 0 Å². The average molecular weight is 221 g/mol. The van der Waals surface area contributed by atoms with E-state index in [0.717, 1.165) is 0 Å². The van der Waals surface area contributed by atoms with E-state index in [9.17, 15) is 13.2 Å². The molecule has 82 valence electrons. The fraction of sp³-hybridized carbons (Fsp3) is 0.875. The van der Waals surface area contributed by atoms with Gasteiger partial charge >= 0.3 is 5.97 Å². The minimum atomic E-state index is -2.89. The molecule has 0 spiro atoms. The molecular formula is C8H15NO4S. The number of methoxy groups -OCH3 is 1. The van der Waals surface area contributed by atoms with Gasteiger partial charge in [-0.3, -0.25) is 4.79 Å². The van der Waals surface area contributed by atoms with Crippen molar-refractivity contribution < 1.29 is 17.9 Å². The quantitative estimate of drug-likeness (QED) is 0.624. The molecule has 0 amide bonds. The first-order valence-corrected chi connectivity index (χ1v) is 6.32. The summed E-state index contributed by atoms with van der Waals surface area (Å²) in [7, 11) is -1.61. The molecule has 1 aliphatic rings. The smallest absolute Gasteiger partial charge is 0.322 e. The van der Waals surface area contributed by atoms with Crippen LogP contribution in [0.2, 0.25) is 0 Å². The lowest BCUT2D eigenvalue weighted by molar-refractivity contribution is -0.143. The minimum absolute atomic E-state index is 0.0639. The number of ether oxygens (including phenoxy) is 1. The Bertz CT molecular complexity index is 297. The van der Waals surface area contributed by atoms with Crippen molar-refractivity contribution in [3.63, 3.8) is 0 Å². The number of sulfone groups is 1. The molecule has 1 fully saturated rings. The number of carbonyl (C=O) groups excluding carboxylic acids is 1. The Morgan fingerprint density at radius 1 is 1.43 bits per heavy atom. The maximum absolute atomic E-state index is 11.1. The van der Waals surface area contributed by atoms with Gasteiger partial charge in [-0.25, -0.2) is 8.42 Å². The van der Waals surface area contributed by atoms with E-state index < -0.39 is 21.8 Å². The van der Waals surface area contributed by atoms with Gasteiger partial charge in [-0.2, -0.15) is 0 Å². The third-order valence-corrected chi connectivity index (χ3v) is 4.30. The minimum Gasteiger partial charge on any atom is -0.468 e. The van der Waals surface area contributed by atoms with Crippen molar-refractivity contribution >= 4 is 15.8 Å². The third kappa shape index (κ3) is 2.68. The lowest BCUT2D eigenvalue weighted by atomic mass is 9.94. The van der Waals surface area contributed by atoms with Crippen molar-refractivity contribution in [2.45, 2.75) is 18.9 Å². The summed E-state index contributed by atoms with van der Waals surface area (Å²) in [5, 5.41) is 0. The SMILES string of the molecule is COC(=O)[C@@H](N)C1CCS(=O)(=O)CC1. The molecule has 0 saturated carbocycles. The van der Waals surface area contributed by atoms with Gasteiger partial charge in [0.05, 0.1) is 18.6 Å². The maximum atomic E-state index is 11.1. The summed E-state index contributed by atoms with van der Waals surface area (Å²) in [5.41, 5.74) is 5.62. The number of hydrogen-bond donors (Lipinski definition) is 1. The molecule has 1 heterocycles. The molecule has 0 bridgehead atoms. The molecule has 1 atom stereocenters. The van der Waals surface area contributed by atoms with Gasteiger partial charge in [-0.1, -0.05) is 0 Å². The van der Waals surface area contributed by atoms with Gasteiger partial charge in [-0.05, 0) is 18.8 Å². The highest BCUT2D eigenvalue weighted by atomic mass is 32.2. The van der Waals surface area contributed by atoms with Crippen LogP contribution in [0, 0.1) is 5.92 Å². The number of esters is 1. The molecular weight excluding hydrogens is 206 g/mol. The summed E-state index contributed by atoms with van der Waals surface area (Å²) in [6.07, 6.45) is 0.914. The second kappa shape index (κ2) is 4.27. The van der Waals surface area contributed by atoms with Crippen LogP contribution in [0.3, 0.4) is 0 Å². The summed E-state index contributed by atoms with van der Waals surface area (Å²) >= 11 is 0. The molecule has 2 N–H and O–H groups in total. The molecule has 0 radical (unpaired) electrons. The van der Waals surface area contributed by atoms with E-state index in [1.54, 1.807) is 0 Å². The highest BCUT2D eigenvalue weighted by Crippen LogP contribution is 2.21. The monoisotopic (exact) mass is 221 g/mol. The van der Waals surface area contributed by atoms with E-state index in [4.69, 9.17) is 5.73 Å². The van der Waals surface area contributed by atoms with Gasteiger partial charge in [0.25, 0.3) is 0 Å². The van der Waals surface area contributed by atoms with Crippen LogP contribution < -0.4 is 5.73 Å². The fourth-order valence-corrected chi connectivity index (χ4v) is 3.12. The lowest BCUT2D eigenvalue weighted by Crippen LogP contribution is -2.42. The molecule has 0 aromatic rings.